The monoisotopic (exact) mass is 279 g/mol. The average molecular weight is 279 g/mol. The number of hydrogen-bond donors (Lipinski definition) is 1. The topological polar surface area (TPSA) is 76.1 Å². The number of carbonyl (C=O) groups is 2. The zero-order chi connectivity index (χ0) is 14.5. The summed E-state index contributed by atoms with van der Waals surface area (Å²) in [6.07, 6.45) is 0.151. The summed E-state index contributed by atoms with van der Waals surface area (Å²) in [6.45, 7) is 2.86. The molecule has 0 fully saturated rings. The van der Waals surface area contributed by atoms with Crippen LogP contribution in [0.15, 0.2) is 18.2 Å². The van der Waals surface area contributed by atoms with Crippen molar-refractivity contribution in [2.24, 2.45) is 0 Å². The minimum atomic E-state index is -1.01. The number of fused-ring (bicyclic) bond motifs is 1. The van der Waals surface area contributed by atoms with Crippen LogP contribution in [0, 0.1) is 0 Å². The number of likely N-dealkylation sites (N-methyl/N-ethyl adjacent to an activating group) is 1. The normalized spacial score (nSPS) is 12.8. The maximum atomic E-state index is 12.0. The van der Waals surface area contributed by atoms with Crippen molar-refractivity contribution in [2.75, 3.05) is 26.3 Å². The Morgan fingerprint density at radius 3 is 2.60 bits per heavy atom. The molecule has 108 valence electrons. The van der Waals surface area contributed by atoms with Crippen LogP contribution in [-0.4, -0.2) is 48.2 Å². The fourth-order valence-corrected chi connectivity index (χ4v) is 2.02. The third kappa shape index (κ3) is 3.40. The lowest BCUT2D eigenvalue weighted by molar-refractivity contribution is -0.144. The highest BCUT2D eigenvalue weighted by Crippen LogP contribution is 2.30. The molecule has 1 amide bonds. The van der Waals surface area contributed by atoms with E-state index >= 15 is 0 Å². The summed E-state index contributed by atoms with van der Waals surface area (Å²) in [5.74, 6) is 0.0714. The van der Waals surface area contributed by atoms with Gasteiger partial charge in [-0.15, -0.1) is 0 Å². The molecule has 1 heterocycles. The Labute approximate surface area is 116 Å². The van der Waals surface area contributed by atoms with Crippen molar-refractivity contribution in [3.8, 4) is 11.5 Å². The predicted octanol–water partition coefficient (Wildman–Crippen LogP) is 0.933. The van der Waals surface area contributed by atoms with E-state index < -0.39 is 5.97 Å². The van der Waals surface area contributed by atoms with Crippen LogP contribution in [0.25, 0.3) is 0 Å². The summed E-state index contributed by atoms with van der Waals surface area (Å²) in [7, 11) is 0. The van der Waals surface area contributed by atoms with Crippen LogP contribution in [0.1, 0.15) is 12.5 Å². The minimum Gasteiger partial charge on any atom is -0.486 e. The van der Waals surface area contributed by atoms with E-state index in [-0.39, 0.29) is 18.9 Å². The lowest BCUT2D eigenvalue weighted by Crippen LogP contribution is -2.36. The molecule has 0 saturated heterocycles. The van der Waals surface area contributed by atoms with Crippen molar-refractivity contribution >= 4 is 11.9 Å². The van der Waals surface area contributed by atoms with Gasteiger partial charge in [-0.05, 0) is 24.6 Å². The van der Waals surface area contributed by atoms with Crippen LogP contribution >= 0.6 is 0 Å². The van der Waals surface area contributed by atoms with Crippen LogP contribution in [0.2, 0.25) is 0 Å². The molecule has 20 heavy (non-hydrogen) atoms. The Hall–Kier alpha value is -2.24. The van der Waals surface area contributed by atoms with Crippen molar-refractivity contribution in [1.29, 1.82) is 0 Å². The molecule has 6 nitrogen and oxygen atoms in total. The van der Waals surface area contributed by atoms with Crippen molar-refractivity contribution < 1.29 is 24.2 Å². The molecule has 1 N–H and O–H groups in total. The van der Waals surface area contributed by atoms with E-state index in [2.05, 4.69) is 0 Å². The molecule has 2 rings (SSSR count). The number of carboxylic acid groups (broad SMARTS) is 1. The second-order valence-corrected chi connectivity index (χ2v) is 4.46. The first-order valence-electron chi connectivity index (χ1n) is 6.48. The van der Waals surface area contributed by atoms with Gasteiger partial charge >= 0.3 is 5.97 Å². The van der Waals surface area contributed by atoms with E-state index in [9.17, 15) is 9.59 Å². The number of carboxylic acids is 1. The quantitative estimate of drug-likeness (QED) is 0.868. The highest BCUT2D eigenvalue weighted by atomic mass is 16.6. The summed E-state index contributed by atoms with van der Waals surface area (Å²) in [6, 6.07) is 5.33. The highest BCUT2D eigenvalue weighted by molar-refractivity contribution is 5.83. The molecule has 1 aromatic carbocycles. The zero-order valence-corrected chi connectivity index (χ0v) is 11.3. The van der Waals surface area contributed by atoms with Crippen molar-refractivity contribution in [3.05, 3.63) is 23.8 Å². The van der Waals surface area contributed by atoms with E-state index in [0.717, 1.165) is 5.56 Å². The van der Waals surface area contributed by atoms with Crippen molar-refractivity contribution in [1.82, 2.24) is 4.90 Å². The predicted molar refractivity (Wildman–Crippen MR) is 71.0 cm³/mol. The van der Waals surface area contributed by atoms with Gasteiger partial charge in [0.2, 0.25) is 5.91 Å². The first kappa shape index (κ1) is 14.2. The van der Waals surface area contributed by atoms with E-state index in [1.54, 1.807) is 25.1 Å². The molecule has 0 aromatic heterocycles. The molecule has 0 aliphatic carbocycles. The molecule has 1 aliphatic rings. The van der Waals surface area contributed by atoms with Crippen LogP contribution in [0.5, 0.6) is 11.5 Å². The number of amides is 1. The molecule has 0 radical (unpaired) electrons. The summed E-state index contributed by atoms with van der Waals surface area (Å²) in [5, 5.41) is 8.76. The van der Waals surface area contributed by atoms with Gasteiger partial charge in [0, 0.05) is 6.54 Å². The van der Waals surface area contributed by atoms with Crippen LogP contribution in [0.4, 0.5) is 0 Å². The van der Waals surface area contributed by atoms with Gasteiger partial charge in [-0.2, -0.15) is 0 Å². The maximum Gasteiger partial charge on any atom is 0.323 e. The van der Waals surface area contributed by atoms with Crippen LogP contribution in [-0.2, 0) is 16.0 Å². The van der Waals surface area contributed by atoms with Gasteiger partial charge < -0.3 is 19.5 Å². The van der Waals surface area contributed by atoms with E-state index in [1.807, 2.05) is 0 Å². The van der Waals surface area contributed by atoms with Gasteiger partial charge in [0.15, 0.2) is 11.5 Å². The fraction of sp³-hybridized carbons (Fsp3) is 0.429. The second kappa shape index (κ2) is 6.27. The summed E-state index contributed by atoms with van der Waals surface area (Å²) < 4.78 is 10.9. The number of nitrogens with zero attached hydrogens (tertiary/aromatic N) is 1. The summed E-state index contributed by atoms with van der Waals surface area (Å²) in [5.41, 5.74) is 0.781. The van der Waals surface area contributed by atoms with Crippen molar-refractivity contribution in [3.63, 3.8) is 0 Å². The molecule has 0 atom stereocenters. The molecule has 1 aliphatic heterocycles. The van der Waals surface area contributed by atoms with Crippen molar-refractivity contribution in [2.45, 2.75) is 13.3 Å². The SMILES string of the molecule is CCN(CC(=O)O)C(=O)Cc1ccc2c(c1)OCCO2. The molecular formula is C14H17NO5. The third-order valence-corrected chi connectivity index (χ3v) is 3.02. The largest absolute Gasteiger partial charge is 0.486 e. The fourth-order valence-electron chi connectivity index (χ4n) is 2.02. The Bertz CT molecular complexity index is 514. The molecule has 6 heteroatoms. The van der Waals surface area contributed by atoms with Gasteiger partial charge in [-0.25, -0.2) is 0 Å². The Morgan fingerprint density at radius 2 is 1.95 bits per heavy atom. The van der Waals surface area contributed by atoms with E-state index in [0.29, 0.717) is 31.3 Å². The lowest BCUT2D eigenvalue weighted by Gasteiger charge is -2.20. The molecule has 0 spiro atoms. The maximum absolute atomic E-state index is 12.0. The molecule has 0 bridgehead atoms. The Kier molecular flexibility index (Phi) is 4.45. The Balaban J connectivity index is 2.05. The van der Waals surface area contributed by atoms with Gasteiger partial charge in [0.05, 0.1) is 6.42 Å². The number of ether oxygens (including phenoxy) is 2. The summed E-state index contributed by atoms with van der Waals surface area (Å²) >= 11 is 0. The van der Waals surface area contributed by atoms with Gasteiger partial charge in [0.1, 0.15) is 19.8 Å². The number of hydrogen-bond acceptors (Lipinski definition) is 4. The smallest absolute Gasteiger partial charge is 0.323 e. The number of rotatable bonds is 5. The van der Waals surface area contributed by atoms with Gasteiger partial charge in [-0.3, -0.25) is 9.59 Å². The minimum absolute atomic E-state index is 0.151. The number of aliphatic carboxylic acids is 1. The number of benzene rings is 1. The highest BCUT2D eigenvalue weighted by Gasteiger charge is 2.17. The molecule has 0 unspecified atom stereocenters. The van der Waals surface area contributed by atoms with Crippen LogP contribution < -0.4 is 9.47 Å². The first-order chi connectivity index (χ1) is 9.60. The molecular weight excluding hydrogens is 262 g/mol. The lowest BCUT2D eigenvalue weighted by atomic mass is 10.1. The average Bonchev–Trinajstić information content (AvgIpc) is 2.44. The van der Waals surface area contributed by atoms with E-state index in [4.69, 9.17) is 14.6 Å². The Morgan fingerprint density at radius 1 is 1.25 bits per heavy atom. The zero-order valence-electron chi connectivity index (χ0n) is 11.3. The molecule has 1 aromatic rings. The summed E-state index contributed by atoms with van der Waals surface area (Å²) in [4.78, 5) is 24.0. The molecule has 0 saturated carbocycles. The second-order valence-electron chi connectivity index (χ2n) is 4.46. The van der Waals surface area contributed by atoms with Gasteiger partial charge in [0.25, 0.3) is 0 Å². The van der Waals surface area contributed by atoms with Crippen LogP contribution in [0.3, 0.4) is 0 Å². The first-order valence-corrected chi connectivity index (χ1v) is 6.48. The standard InChI is InChI=1S/C14H17NO5/c1-2-15(9-14(17)18)13(16)8-10-3-4-11-12(7-10)20-6-5-19-11/h3-4,7H,2,5-6,8-9H2,1H3,(H,17,18). The van der Waals surface area contributed by atoms with Gasteiger partial charge in [-0.1, -0.05) is 6.07 Å². The van der Waals surface area contributed by atoms with E-state index in [1.165, 1.54) is 4.90 Å². The number of carbonyl (C=O) groups excluding carboxylic acids is 1. The third-order valence-electron chi connectivity index (χ3n) is 3.02.